The molecule has 24 heavy (non-hydrogen) atoms. The van der Waals surface area contributed by atoms with E-state index >= 15 is 0 Å². The van der Waals surface area contributed by atoms with Crippen LogP contribution in [-0.4, -0.2) is 51.3 Å². The number of nitrogens with zero attached hydrogens (tertiary/aromatic N) is 1. The van der Waals surface area contributed by atoms with Gasteiger partial charge in [0.15, 0.2) is 16.8 Å². The van der Waals surface area contributed by atoms with Crippen LogP contribution in [0.2, 0.25) is 0 Å². The minimum Gasteiger partial charge on any atom is -0.378 e. The van der Waals surface area contributed by atoms with Gasteiger partial charge in [-0.2, -0.15) is 0 Å². The number of nitrogens with one attached hydrogen (secondary N) is 3. The Bertz CT molecular complexity index is 710. The Morgan fingerprint density at radius 3 is 2.62 bits per heavy atom. The summed E-state index contributed by atoms with van der Waals surface area (Å²) >= 11 is 1.09. The molecule has 0 spiro atoms. The standard InChI is InChI=1S/C13H17N5O5S/c1-5-8(10(20)18(5)23-11(21)13(2,3)22)17-9(19)7(14)6-4-24-12(15)16-6/h4-5,8,14,22H,1-3H3,(H2,15,16)(H,17,19)/p+1/t5-,8-/m0/s1. The lowest BCUT2D eigenvalue weighted by atomic mass is 9.99. The third kappa shape index (κ3) is 3.42. The summed E-state index contributed by atoms with van der Waals surface area (Å²) in [6.45, 7) is 4.07. The summed E-state index contributed by atoms with van der Waals surface area (Å²) < 4.78 is 0. The number of nitrogen functional groups attached to an aromatic ring is 1. The molecule has 1 aromatic heterocycles. The highest BCUT2D eigenvalue weighted by Crippen LogP contribution is 2.12. The van der Waals surface area contributed by atoms with Crippen molar-refractivity contribution in [1.29, 1.82) is 5.41 Å². The van der Waals surface area contributed by atoms with Gasteiger partial charge in [-0.15, -0.1) is 11.3 Å². The molecule has 130 valence electrons. The lowest BCUT2D eigenvalue weighted by molar-refractivity contribution is -1.05. The van der Waals surface area contributed by atoms with Gasteiger partial charge in [-0.25, -0.2) is 14.6 Å². The number of thiazole rings is 1. The van der Waals surface area contributed by atoms with E-state index in [1.807, 2.05) is 0 Å². The number of quaternary nitrogens is 1. The molecule has 0 aromatic carbocycles. The first-order valence-electron chi connectivity index (χ1n) is 6.99. The number of aromatic nitrogens is 1. The van der Waals surface area contributed by atoms with Crippen molar-refractivity contribution in [2.45, 2.75) is 38.5 Å². The molecule has 0 bridgehead atoms. The van der Waals surface area contributed by atoms with Crippen LogP contribution in [0.5, 0.6) is 0 Å². The van der Waals surface area contributed by atoms with E-state index < -0.39 is 41.2 Å². The molecule has 0 saturated carbocycles. The molecule has 1 fully saturated rings. The molecular weight excluding hydrogens is 338 g/mol. The maximum absolute atomic E-state index is 12.0. The quantitative estimate of drug-likeness (QED) is 0.291. The summed E-state index contributed by atoms with van der Waals surface area (Å²) in [4.78, 5) is 44.3. The smallest absolute Gasteiger partial charge is 0.378 e. The molecule has 0 radical (unpaired) electrons. The predicted molar refractivity (Wildman–Crippen MR) is 83.1 cm³/mol. The number of carbonyl (C=O) groups is 3. The highest BCUT2D eigenvalue weighted by atomic mass is 32.1. The SMILES string of the molecule is C[C@H]1[C@H](NC(=O)C(=N)c2csc(N)n2)C(=O)[NH+]1OC(=O)C(C)(C)O. The van der Waals surface area contributed by atoms with Gasteiger partial charge in [0, 0.05) is 5.38 Å². The number of amides is 2. The van der Waals surface area contributed by atoms with E-state index in [9.17, 15) is 19.5 Å². The molecule has 1 unspecified atom stereocenters. The zero-order valence-corrected chi connectivity index (χ0v) is 14.1. The minimum absolute atomic E-state index is 0.118. The fourth-order valence-electron chi connectivity index (χ4n) is 1.95. The average Bonchev–Trinajstić information content (AvgIpc) is 2.94. The molecule has 1 saturated heterocycles. The van der Waals surface area contributed by atoms with Crippen molar-refractivity contribution in [3.63, 3.8) is 0 Å². The molecule has 11 heteroatoms. The lowest BCUT2D eigenvalue weighted by Gasteiger charge is -2.36. The summed E-state index contributed by atoms with van der Waals surface area (Å²) in [7, 11) is 0. The normalized spacial score (nSPS) is 23.3. The van der Waals surface area contributed by atoms with E-state index in [1.54, 1.807) is 6.92 Å². The number of carbonyl (C=O) groups excluding carboxylic acids is 3. The van der Waals surface area contributed by atoms with Crippen molar-refractivity contribution in [2.75, 3.05) is 5.73 Å². The Morgan fingerprint density at radius 1 is 1.54 bits per heavy atom. The summed E-state index contributed by atoms with van der Waals surface area (Å²) in [6.07, 6.45) is 0. The van der Waals surface area contributed by atoms with Crippen LogP contribution in [0, 0.1) is 5.41 Å². The number of anilines is 1. The number of hydrogen-bond acceptors (Lipinski definition) is 9. The van der Waals surface area contributed by atoms with Crippen molar-refractivity contribution < 1.29 is 29.4 Å². The van der Waals surface area contributed by atoms with Crippen molar-refractivity contribution in [3.8, 4) is 0 Å². The Morgan fingerprint density at radius 2 is 2.17 bits per heavy atom. The molecule has 1 aromatic rings. The van der Waals surface area contributed by atoms with E-state index in [2.05, 4.69) is 10.3 Å². The van der Waals surface area contributed by atoms with Crippen LogP contribution < -0.4 is 16.1 Å². The van der Waals surface area contributed by atoms with Gasteiger partial charge in [0.2, 0.25) is 6.04 Å². The highest BCUT2D eigenvalue weighted by Gasteiger charge is 2.56. The van der Waals surface area contributed by atoms with Crippen molar-refractivity contribution in [2.24, 2.45) is 0 Å². The summed E-state index contributed by atoms with van der Waals surface area (Å²) in [6, 6.07) is -1.46. The largest absolute Gasteiger partial charge is 0.397 e. The molecule has 2 heterocycles. The molecule has 10 nitrogen and oxygen atoms in total. The number of nitrogens with two attached hydrogens (primary N) is 1. The molecule has 1 aliphatic rings. The molecule has 2 rings (SSSR count). The van der Waals surface area contributed by atoms with Crippen molar-refractivity contribution >= 4 is 40.0 Å². The zero-order chi connectivity index (χ0) is 18.2. The molecule has 2 amide bonds. The van der Waals surface area contributed by atoms with Crippen LogP contribution >= 0.6 is 11.3 Å². The van der Waals surface area contributed by atoms with E-state index in [0.717, 1.165) is 11.3 Å². The van der Waals surface area contributed by atoms with E-state index in [-0.39, 0.29) is 15.9 Å². The monoisotopic (exact) mass is 356 g/mol. The number of hydrogen-bond donors (Lipinski definition) is 5. The van der Waals surface area contributed by atoms with Gasteiger partial charge in [0.1, 0.15) is 11.4 Å². The average molecular weight is 356 g/mol. The second kappa shape index (κ2) is 6.26. The topological polar surface area (TPSA) is 160 Å². The first-order chi connectivity index (χ1) is 11.0. The molecule has 1 aliphatic heterocycles. The molecule has 3 atom stereocenters. The van der Waals surface area contributed by atoms with Gasteiger partial charge < -0.3 is 16.2 Å². The highest BCUT2D eigenvalue weighted by molar-refractivity contribution is 7.13. The van der Waals surface area contributed by atoms with Gasteiger partial charge in [0.05, 0.1) is 0 Å². The minimum atomic E-state index is -1.73. The van der Waals surface area contributed by atoms with E-state index in [1.165, 1.54) is 19.2 Å². The van der Waals surface area contributed by atoms with Crippen molar-refractivity contribution in [3.05, 3.63) is 11.1 Å². The molecular formula is C13H18N5O5S+. The van der Waals surface area contributed by atoms with E-state index in [4.69, 9.17) is 16.0 Å². The Hall–Kier alpha value is -2.37. The predicted octanol–water partition coefficient (Wildman–Crippen LogP) is -2.38. The van der Waals surface area contributed by atoms with Gasteiger partial charge in [-0.05, 0) is 20.8 Å². The fourth-order valence-corrected chi connectivity index (χ4v) is 2.50. The summed E-state index contributed by atoms with van der Waals surface area (Å²) in [5.74, 6) is -2.30. The second-order valence-corrected chi connectivity index (χ2v) is 6.75. The first kappa shape index (κ1) is 18.0. The summed E-state index contributed by atoms with van der Waals surface area (Å²) in [5.41, 5.74) is 3.43. The maximum atomic E-state index is 12.0. The Balaban J connectivity index is 1.95. The third-order valence-electron chi connectivity index (χ3n) is 3.43. The van der Waals surface area contributed by atoms with E-state index in [0.29, 0.717) is 0 Å². The number of hydroxylamine groups is 2. The van der Waals surface area contributed by atoms with Crippen molar-refractivity contribution in [1.82, 2.24) is 10.3 Å². The maximum Gasteiger partial charge on any atom is 0.397 e. The summed E-state index contributed by atoms with van der Waals surface area (Å²) in [5, 5.41) is 21.2. The van der Waals surface area contributed by atoms with Crippen LogP contribution in [0.1, 0.15) is 26.5 Å². The number of rotatable bonds is 5. The first-order valence-corrected chi connectivity index (χ1v) is 7.86. The lowest BCUT2D eigenvalue weighted by Crippen LogP contribution is -3.28. The Labute approximate surface area is 141 Å². The Kier molecular flexibility index (Phi) is 4.69. The molecule has 0 aliphatic carbocycles. The third-order valence-corrected chi connectivity index (χ3v) is 4.11. The zero-order valence-electron chi connectivity index (χ0n) is 13.2. The second-order valence-electron chi connectivity index (χ2n) is 5.86. The van der Waals surface area contributed by atoms with Gasteiger partial charge in [-0.3, -0.25) is 15.0 Å². The number of β-lactam (4-membered cyclic amide) rings is 1. The van der Waals surface area contributed by atoms with Gasteiger partial charge in [-0.1, -0.05) is 5.06 Å². The van der Waals surface area contributed by atoms with Gasteiger partial charge >= 0.3 is 11.9 Å². The van der Waals surface area contributed by atoms with Crippen LogP contribution in [0.3, 0.4) is 0 Å². The fraction of sp³-hybridized carbons (Fsp3) is 0.462. The van der Waals surface area contributed by atoms with Crippen LogP contribution in [0.25, 0.3) is 0 Å². The van der Waals surface area contributed by atoms with Crippen LogP contribution in [-0.2, 0) is 19.2 Å². The van der Waals surface area contributed by atoms with Crippen LogP contribution in [0.4, 0.5) is 5.13 Å². The molecule has 6 N–H and O–H groups in total. The number of aliphatic hydroxyl groups is 1. The van der Waals surface area contributed by atoms with Gasteiger partial charge in [0.25, 0.3) is 5.91 Å². The van der Waals surface area contributed by atoms with Crippen LogP contribution in [0.15, 0.2) is 5.38 Å².